The molecule has 0 N–H and O–H groups in total. The molecule has 0 fully saturated rings. The van der Waals surface area contributed by atoms with E-state index < -0.39 is 0 Å². The quantitative estimate of drug-likeness (QED) is 0.609. The van der Waals surface area contributed by atoms with E-state index in [2.05, 4.69) is 20.4 Å². The highest BCUT2D eigenvalue weighted by Crippen LogP contribution is 2.17. The normalized spacial score (nSPS) is 10.3. The summed E-state index contributed by atoms with van der Waals surface area (Å²) in [5.41, 5.74) is 1.23. The largest absolute Gasteiger partial charge is 0.465 e. The highest BCUT2D eigenvalue weighted by Gasteiger charge is 2.01. The van der Waals surface area contributed by atoms with Gasteiger partial charge in [-0.05, 0) is 23.6 Å². The zero-order valence-electron chi connectivity index (χ0n) is 6.42. The molecule has 1 aromatic rings. The molecule has 0 spiro atoms. The van der Waals surface area contributed by atoms with Gasteiger partial charge in [0.15, 0.2) is 0 Å². The fraction of sp³-hybridized carbons (Fsp3) is 0.333. The van der Waals surface area contributed by atoms with Gasteiger partial charge in [-0.1, -0.05) is 20.4 Å². The first-order valence-corrected chi connectivity index (χ1v) is 3.45. The van der Waals surface area contributed by atoms with E-state index in [1.54, 1.807) is 12.3 Å². The zero-order chi connectivity index (χ0) is 7.56. The Morgan fingerprint density at radius 3 is 2.60 bits per heavy atom. The van der Waals surface area contributed by atoms with Crippen LogP contribution in [0, 0.1) is 0 Å². The van der Waals surface area contributed by atoms with Crippen LogP contribution in [0.1, 0.15) is 31.1 Å². The summed E-state index contributed by atoms with van der Waals surface area (Å²) in [7, 11) is 0. The molecule has 0 aliphatic carbocycles. The van der Waals surface area contributed by atoms with Crippen molar-refractivity contribution in [1.29, 1.82) is 0 Å². The SMILES string of the molecule is C=Cc1cc(C(C)C)co1. The van der Waals surface area contributed by atoms with Crippen molar-refractivity contribution in [3.63, 3.8) is 0 Å². The van der Waals surface area contributed by atoms with Gasteiger partial charge >= 0.3 is 0 Å². The zero-order valence-corrected chi connectivity index (χ0v) is 6.42. The van der Waals surface area contributed by atoms with E-state index in [1.165, 1.54) is 5.56 Å². The summed E-state index contributed by atoms with van der Waals surface area (Å²) in [6.45, 7) is 7.88. The number of furan rings is 1. The van der Waals surface area contributed by atoms with Crippen LogP contribution in [-0.4, -0.2) is 0 Å². The monoisotopic (exact) mass is 136 g/mol. The standard InChI is InChI=1S/C9H12O/c1-4-9-5-8(6-10-9)7(2)3/h4-7H,1H2,2-3H3. The fourth-order valence-corrected chi connectivity index (χ4v) is 0.778. The van der Waals surface area contributed by atoms with Crippen molar-refractivity contribution in [2.24, 2.45) is 0 Å². The summed E-state index contributed by atoms with van der Waals surface area (Å²) in [4.78, 5) is 0. The molecule has 1 aromatic heterocycles. The first-order chi connectivity index (χ1) is 4.74. The minimum absolute atomic E-state index is 0.539. The summed E-state index contributed by atoms with van der Waals surface area (Å²) < 4.78 is 5.16. The Labute approximate surface area is 61.4 Å². The van der Waals surface area contributed by atoms with Gasteiger partial charge < -0.3 is 4.42 Å². The van der Waals surface area contributed by atoms with Gasteiger partial charge in [0.25, 0.3) is 0 Å². The Morgan fingerprint density at radius 1 is 1.60 bits per heavy atom. The van der Waals surface area contributed by atoms with E-state index in [-0.39, 0.29) is 0 Å². The molecule has 1 heterocycles. The highest BCUT2D eigenvalue weighted by atomic mass is 16.3. The van der Waals surface area contributed by atoms with E-state index in [1.807, 2.05) is 6.07 Å². The van der Waals surface area contributed by atoms with Gasteiger partial charge in [0.1, 0.15) is 5.76 Å². The topological polar surface area (TPSA) is 13.1 Å². The molecule has 0 atom stereocenters. The summed E-state index contributed by atoms with van der Waals surface area (Å²) in [5.74, 6) is 1.39. The van der Waals surface area contributed by atoms with E-state index in [9.17, 15) is 0 Å². The molecule has 0 aliphatic heterocycles. The van der Waals surface area contributed by atoms with Gasteiger partial charge in [-0.2, -0.15) is 0 Å². The lowest BCUT2D eigenvalue weighted by Crippen LogP contribution is -1.79. The minimum Gasteiger partial charge on any atom is -0.465 e. The second-order valence-electron chi connectivity index (χ2n) is 2.64. The lowest BCUT2D eigenvalue weighted by Gasteiger charge is -1.95. The third kappa shape index (κ3) is 1.29. The smallest absolute Gasteiger partial charge is 0.126 e. The maximum Gasteiger partial charge on any atom is 0.126 e. The predicted molar refractivity (Wildman–Crippen MR) is 42.9 cm³/mol. The second-order valence-corrected chi connectivity index (χ2v) is 2.64. The van der Waals surface area contributed by atoms with E-state index in [0.29, 0.717) is 5.92 Å². The van der Waals surface area contributed by atoms with Gasteiger partial charge in [-0.3, -0.25) is 0 Å². The molecule has 10 heavy (non-hydrogen) atoms. The van der Waals surface area contributed by atoms with Crippen LogP contribution < -0.4 is 0 Å². The van der Waals surface area contributed by atoms with Crippen LogP contribution in [0.4, 0.5) is 0 Å². The molecule has 0 amide bonds. The van der Waals surface area contributed by atoms with Crippen LogP contribution in [-0.2, 0) is 0 Å². The van der Waals surface area contributed by atoms with Gasteiger partial charge in [0.2, 0.25) is 0 Å². The Kier molecular flexibility index (Phi) is 1.95. The molecule has 0 radical (unpaired) electrons. The molecule has 0 saturated heterocycles. The van der Waals surface area contributed by atoms with Crippen molar-refractivity contribution in [1.82, 2.24) is 0 Å². The molecule has 0 saturated carbocycles. The highest BCUT2D eigenvalue weighted by molar-refractivity contribution is 5.41. The molecule has 0 unspecified atom stereocenters. The predicted octanol–water partition coefficient (Wildman–Crippen LogP) is 3.05. The van der Waals surface area contributed by atoms with Gasteiger partial charge in [0, 0.05) is 0 Å². The molecule has 0 bridgehead atoms. The van der Waals surface area contributed by atoms with Crippen LogP contribution in [0.2, 0.25) is 0 Å². The number of rotatable bonds is 2. The van der Waals surface area contributed by atoms with Gasteiger partial charge in [-0.15, -0.1) is 0 Å². The number of hydrogen-bond donors (Lipinski definition) is 0. The second kappa shape index (κ2) is 2.74. The lowest BCUT2D eigenvalue weighted by molar-refractivity contribution is 0.552. The van der Waals surface area contributed by atoms with Gasteiger partial charge in [0.05, 0.1) is 6.26 Å². The lowest BCUT2D eigenvalue weighted by atomic mass is 10.1. The van der Waals surface area contributed by atoms with Crippen molar-refractivity contribution in [2.75, 3.05) is 0 Å². The fourth-order valence-electron chi connectivity index (χ4n) is 0.778. The van der Waals surface area contributed by atoms with Crippen molar-refractivity contribution >= 4 is 6.08 Å². The van der Waals surface area contributed by atoms with Crippen molar-refractivity contribution in [3.05, 3.63) is 30.2 Å². The first kappa shape index (κ1) is 7.13. The summed E-state index contributed by atoms with van der Waals surface area (Å²) in [6, 6.07) is 2.01. The van der Waals surface area contributed by atoms with E-state index in [4.69, 9.17) is 4.42 Å². The summed E-state index contributed by atoms with van der Waals surface area (Å²) in [6.07, 6.45) is 3.49. The average Bonchev–Trinajstić information content (AvgIpc) is 2.34. The van der Waals surface area contributed by atoms with Crippen LogP contribution >= 0.6 is 0 Å². The molecule has 1 heteroatoms. The Morgan fingerprint density at radius 2 is 2.30 bits per heavy atom. The van der Waals surface area contributed by atoms with Crippen molar-refractivity contribution < 1.29 is 4.42 Å². The van der Waals surface area contributed by atoms with Crippen LogP contribution in [0.3, 0.4) is 0 Å². The Hall–Kier alpha value is -0.980. The van der Waals surface area contributed by atoms with Crippen molar-refractivity contribution in [2.45, 2.75) is 19.8 Å². The third-order valence-electron chi connectivity index (χ3n) is 1.51. The summed E-state index contributed by atoms with van der Waals surface area (Å²) in [5, 5.41) is 0. The molecule has 0 aliphatic rings. The van der Waals surface area contributed by atoms with E-state index in [0.717, 1.165) is 5.76 Å². The van der Waals surface area contributed by atoms with E-state index >= 15 is 0 Å². The minimum atomic E-state index is 0.539. The van der Waals surface area contributed by atoms with Crippen LogP contribution in [0.5, 0.6) is 0 Å². The average molecular weight is 136 g/mol. The van der Waals surface area contributed by atoms with Crippen molar-refractivity contribution in [3.8, 4) is 0 Å². The Bertz CT molecular complexity index is 220. The molecule has 1 rings (SSSR count). The summed E-state index contributed by atoms with van der Waals surface area (Å²) >= 11 is 0. The first-order valence-electron chi connectivity index (χ1n) is 3.45. The third-order valence-corrected chi connectivity index (χ3v) is 1.51. The molecule has 0 aromatic carbocycles. The van der Waals surface area contributed by atoms with Crippen LogP contribution in [0.15, 0.2) is 23.3 Å². The van der Waals surface area contributed by atoms with Crippen LogP contribution in [0.25, 0.3) is 6.08 Å². The molecule has 1 nitrogen and oxygen atoms in total. The maximum absolute atomic E-state index is 5.16. The molecular weight excluding hydrogens is 124 g/mol. The number of hydrogen-bond acceptors (Lipinski definition) is 1. The molecular formula is C9H12O. The molecule has 54 valence electrons. The van der Waals surface area contributed by atoms with Gasteiger partial charge in [-0.25, -0.2) is 0 Å². The maximum atomic E-state index is 5.16. The Balaban J connectivity index is 2.88.